The van der Waals surface area contributed by atoms with Crippen LogP contribution in [-0.2, 0) is 17.9 Å². The van der Waals surface area contributed by atoms with Crippen LogP contribution in [0.15, 0.2) is 48.5 Å². The Hall–Kier alpha value is -3.03. The second-order valence-corrected chi connectivity index (χ2v) is 6.20. The smallest absolute Gasteiger partial charge is 0.251 e. The molecule has 3 aromatic rings. The molecule has 1 aromatic carbocycles. The van der Waals surface area contributed by atoms with Crippen molar-refractivity contribution in [1.82, 2.24) is 20.5 Å². The predicted molar refractivity (Wildman–Crippen MR) is 101 cm³/mol. The zero-order valence-corrected chi connectivity index (χ0v) is 15.3. The normalized spacial score (nSPS) is 12.0. The van der Waals surface area contributed by atoms with Crippen LogP contribution in [0.3, 0.4) is 0 Å². The molecule has 0 unspecified atom stereocenters. The number of pyridine rings is 1. The standard InChI is InChI=1S/C20H22N4O3/c1-13(25)18-4-3-5-19(22-18)14-6-8-15(9-7-14)20(26)21-11-16-10-17(12-27-2)24-23-16/h3-10,13,25H,11-12H2,1-2H3,(H,21,26)(H,23,24)/t13-/m0/s1. The van der Waals surface area contributed by atoms with E-state index < -0.39 is 6.10 Å². The lowest BCUT2D eigenvalue weighted by atomic mass is 10.1. The van der Waals surface area contributed by atoms with Gasteiger partial charge in [0.25, 0.3) is 5.91 Å². The number of carbonyl (C=O) groups excluding carboxylic acids is 1. The first-order chi connectivity index (χ1) is 13.1. The van der Waals surface area contributed by atoms with Gasteiger partial charge in [-0.05, 0) is 37.3 Å². The average Bonchev–Trinajstić information content (AvgIpc) is 3.14. The van der Waals surface area contributed by atoms with Gasteiger partial charge in [0.1, 0.15) is 0 Å². The lowest BCUT2D eigenvalue weighted by Crippen LogP contribution is -2.22. The SMILES string of the molecule is COCc1cc(CNC(=O)c2ccc(-c3cccc([C@H](C)O)n3)cc2)[nH]n1. The first-order valence-electron chi connectivity index (χ1n) is 8.62. The van der Waals surface area contributed by atoms with E-state index in [9.17, 15) is 9.90 Å². The molecule has 1 amide bonds. The molecule has 27 heavy (non-hydrogen) atoms. The molecular weight excluding hydrogens is 344 g/mol. The fourth-order valence-corrected chi connectivity index (χ4v) is 2.64. The number of aliphatic hydroxyl groups excluding tert-OH is 1. The number of aromatic amines is 1. The summed E-state index contributed by atoms with van der Waals surface area (Å²) in [5.41, 5.74) is 4.41. The summed E-state index contributed by atoms with van der Waals surface area (Å²) in [4.78, 5) is 16.8. The topological polar surface area (TPSA) is 100 Å². The van der Waals surface area contributed by atoms with Crippen LogP contribution >= 0.6 is 0 Å². The quantitative estimate of drug-likeness (QED) is 0.597. The molecule has 0 bridgehead atoms. The zero-order valence-electron chi connectivity index (χ0n) is 15.3. The van der Waals surface area contributed by atoms with Crippen molar-refractivity contribution >= 4 is 5.91 Å². The summed E-state index contributed by atoms with van der Waals surface area (Å²) in [5, 5.41) is 19.5. The summed E-state index contributed by atoms with van der Waals surface area (Å²) in [6.07, 6.45) is -0.623. The molecule has 0 aliphatic heterocycles. The highest BCUT2D eigenvalue weighted by molar-refractivity contribution is 5.94. The van der Waals surface area contributed by atoms with Gasteiger partial charge in [-0.1, -0.05) is 18.2 Å². The first kappa shape index (κ1) is 18.8. The Labute approximate surface area is 157 Å². The largest absolute Gasteiger partial charge is 0.387 e. The molecule has 1 atom stereocenters. The summed E-state index contributed by atoms with van der Waals surface area (Å²) < 4.78 is 5.02. The molecule has 0 saturated carbocycles. The van der Waals surface area contributed by atoms with Gasteiger partial charge in [-0.3, -0.25) is 14.9 Å². The van der Waals surface area contributed by atoms with Gasteiger partial charge in [-0.2, -0.15) is 5.10 Å². The fraction of sp³-hybridized carbons (Fsp3) is 0.250. The van der Waals surface area contributed by atoms with Crippen LogP contribution in [0.5, 0.6) is 0 Å². The molecule has 140 valence electrons. The molecular formula is C20H22N4O3. The van der Waals surface area contributed by atoms with Crippen LogP contribution in [0.2, 0.25) is 0 Å². The zero-order chi connectivity index (χ0) is 19.2. The minimum absolute atomic E-state index is 0.171. The number of rotatable bonds is 7. The maximum atomic E-state index is 12.3. The van der Waals surface area contributed by atoms with Crippen LogP contribution in [0.1, 0.15) is 40.5 Å². The number of amides is 1. The van der Waals surface area contributed by atoms with E-state index in [-0.39, 0.29) is 5.91 Å². The van der Waals surface area contributed by atoms with Crippen LogP contribution in [0, 0.1) is 0 Å². The fourth-order valence-electron chi connectivity index (χ4n) is 2.64. The Morgan fingerprint density at radius 1 is 1.26 bits per heavy atom. The van der Waals surface area contributed by atoms with Gasteiger partial charge >= 0.3 is 0 Å². The van der Waals surface area contributed by atoms with E-state index in [1.54, 1.807) is 32.2 Å². The third-order valence-corrected chi connectivity index (χ3v) is 4.06. The van der Waals surface area contributed by atoms with Crippen molar-refractivity contribution in [2.24, 2.45) is 0 Å². The third kappa shape index (κ3) is 4.78. The Kier molecular flexibility index (Phi) is 5.95. The van der Waals surface area contributed by atoms with Crippen molar-refractivity contribution in [3.05, 3.63) is 71.2 Å². The monoisotopic (exact) mass is 366 g/mol. The van der Waals surface area contributed by atoms with Gasteiger partial charge in [0.05, 0.1) is 42.0 Å². The molecule has 0 radical (unpaired) electrons. The van der Waals surface area contributed by atoms with Gasteiger partial charge < -0.3 is 15.2 Å². The third-order valence-electron chi connectivity index (χ3n) is 4.06. The van der Waals surface area contributed by atoms with Gasteiger partial charge in [0.2, 0.25) is 0 Å². The lowest BCUT2D eigenvalue weighted by molar-refractivity contribution is 0.0950. The highest BCUT2D eigenvalue weighted by Gasteiger charge is 2.09. The van der Waals surface area contributed by atoms with E-state index in [0.717, 1.165) is 22.6 Å². The number of ether oxygens (including phenoxy) is 1. The number of hydrogen-bond donors (Lipinski definition) is 3. The second kappa shape index (κ2) is 8.57. The summed E-state index contributed by atoms with van der Waals surface area (Å²) in [6, 6.07) is 14.6. The first-order valence-corrected chi connectivity index (χ1v) is 8.62. The Morgan fingerprint density at radius 2 is 2.04 bits per heavy atom. The molecule has 3 N–H and O–H groups in total. The highest BCUT2D eigenvalue weighted by atomic mass is 16.5. The van der Waals surface area contributed by atoms with Crippen LogP contribution in [0.25, 0.3) is 11.3 Å². The van der Waals surface area contributed by atoms with Gasteiger partial charge in [-0.15, -0.1) is 0 Å². The Morgan fingerprint density at radius 3 is 2.74 bits per heavy atom. The molecule has 0 aliphatic rings. The molecule has 7 heteroatoms. The maximum absolute atomic E-state index is 12.3. The highest BCUT2D eigenvalue weighted by Crippen LogP contribution is 2.20. The molecule has 0 spiro atoms. The molecule has 0 aliphatic carbocycles. The molecule has 2 aromatic heterocycles. The minimum atomic E-state index is -0.623. The van der Waals surface area contributed by atoms with Crippen LogP contribution in [-0.4, -0.2) is 33.3 Å². The van der Waals surface area contributed by atoms with E-state index >= 15 is 0 Å². The van der Waals surface area contributed by atoms with Crippen LogP contribution < -0.4 is 5.32 Å². The van der Waals surface area contributed by atoms with Crippen molar-refractivity contribution in [3.63, 3.8) is 0 Å². The van der Waals surface area contributed by atoms with E-state index in [1.165, 1.54) is 0 Å². The van der Waals surface area contributed by atoms with Gasteiger partial charge in [0, 0.05) is 18.2 Å². The number of aromatic nitrogens is 3. The summed E-state index contributed by atoms with van der Waals surface area (Å²) in [5.74, 6) is -0.171. The number of nitrogens with zero attached hydrogens (tertiary/aromatic N) is 2. The predicted octanol–water partition coefficient (Wildman–Crippen LogP) is 2.60. The Bertz CT molecular complexity index is 904. The number of H-pyrrole nitrogens is 1. The van der Waals surface area contributed by atoms with Crippen molar-refractivity contribution in [3.8, 4) is 11.3 Å². The van der Waals surface area contributed by atoms with E-state index in [1.807, 2.05) is 30.3 Å². The van der Waals surface area contributed by atoms with E-state index in [4.69, 9.17) is 4.74 Å². The van der Waals surface area contributed by atoms with Crippen molar-refractivity contribution < 1.29 is 14.6 Å². The van der Waals surface area contributed by atoms with Crippen molar-refractivity contribution in [1.29, 1.82) is 0 Å². The van der Waals surface area contributed by atoms with Gasteiger partial charge in [-0.25, -0.2) is 0 Å². The number of carbonyl (C=O) groups is 1. The number of methoxy groups -OCH3 is 1. The van der Waals surface area contributed by atoms with Gasteiger partial charge in [0.15, 0.2) is 0 Å². The molecule has 2 heterocycles. The van der Waals surface area contributed by atoms with E-state index in [0.29, 0.717) is 24.4 Å². The molecule has 0 fully saturated rings. The minimum Gasteiger partial charge on any atom is -0.387 e. The molecule has 7 nitrogen and oxygen atoms in total. The summed E-state index contributed by atoms with van der Waals surface area (Å²) >= 11 is 0. The number of hydrogen-bond acceptors (Lipinski definition) is 5. The second-order valence-electron chi connectivity index (χ2n) is 6.20. The number of aliphatic hydroxyl groups is 1. The van der Waals surface area contributed by atoms with Crippen LogP contribution in [0.4, 0.5) is 0 Å². The van der Waals surface area contributed by atoms with E-state index in [2.05, 4.69) is 20.5 Å². The molecule has 0 saturated heterocycles. The summed E-state index contributed by atoms with van der Waals surface area (Å²) in [7, 11) is 1.61. The summed E-state index contributed by atoms with van der Waals surface area (Å²) in [6.45, 7) is 2.46. The maximum Gasteiger partial charge on any atom is 0.251 e. The van der Waals surface area contributed by atoms with Crippen molar-refractivity contribution in [2.45, 2.75) is 26.2 Å². The number of nitrogens with one attached hydrogen (secondary N) is 2. The lowest BCUT2D eigenvalue weighted by Gasteiger charge is -2.08. The van der Waals surface area contributed by atoms with Crippen molar-refractivity contribution in [2.75, 3.05) is 7.11 Å². The molecule has 3 rings (SSSR count). The average molecular weight is 366 g/mol. The number of benzene rings is 1. The Balaban J connectivity index is 1.64.